The minimum atomic E-state index is -0.557. The highest BCUT2D eigenvalue weighted by atomic mass is 35.5. The predicted molar refractivity (Wildman–Crippen MR) is 87.6 cm³/mol. The van der Waals surface area contributed by atoms with Crippen molar-refractivity contribution in [1.29, 1.82) is 0 Å². The van der Waals surface area contributed by atoms with Crippen LogP contribution in [0.3, 0.4) is 0 Å². The summed E-state index contributed by atoms with van der Waals surface area (Å²) >= 11 is 11.7. The number of likely N-dealkylation sites (tertiary alicyclic amines) is 1. The summed E-state index contributed by atoms with van der Waals surface area (Å²) in [6.45, 7) is 1.08. The van der Waals surface area contributed by atoms with Crippen molar-refractivity contribution in [2.75, 3.05) is 19.7 Å². The molecular formula is C15H15Cl2N3O4. The molecule has 7 nitrogen and oxygen atoms in total. The van der Waals surface area contributed by atoms with Crippen molar-refractivity contribution in [3.8, 4) is 5.75 Å². The Hall–Kier alpha value is -1.99. The normalized spacial score (nSPS) is 15.5. The fourth-order valence-corrected chi connectivity index (χ4v) is 2.91. The topological polar surface area (TPSA) is 88.4 Å². The number of hydrogen-bond acceptors (Lipinski definition) is 5. The Balaban J connectivity index is 1.50. The van der Waals surface area contributed by atoms with Gasteiger partial charge in [-0.25, -0.2) is 4.79 Å². The minimum Gasteiger partial charge on any atom is -0.484 e. The molecule has 0 spiro atoms. The second-order valence-electron chi connectivity index (χ2n) is 5.50. The summed E-state index contributed by atoms with van der Waals surface area (Å²) in [5, 5.41) is 4.52. The molecule has 0 unspecified atom stereocenters. The van der Waals surface area contributed by atoms with E-state index in [1.165, 1.54) is 0 Å². The third kappa shape index (κ3) is 3.91. The SMILES string of the molecule is O=C(COc1ccc(Cl)c(Cl)c1)N1CCC(c2noc(=O)[nH]2)CC1. The van der Waals surface area contributed by atoms with Crippen LogP contribution in [0.25, 0.3) is 0 Å². The minimum absolute atomic E-state index is 0.0661. The van der Waals surface area contributed by atoms with Crippen LogP contribution in [0, 0.1) is 0 Å². The number of H-pyrrole nitrogens is 1. The summed E-state index contributed by atoms with van der Waals surface area (Å²) in [6, 6.07) is 4.85. The molecule has 0 radical (unpaired) electrons. The number of aromatic amines is 1. The molecule has 9 heteroatoms. The van der Waals surface area contributed by atoms with Gasteiger partial charge in [-0.1, -0.05) is 28.4 Å². The van der Waals surface area contributed by atoms with Gasteiger partial charge < -0.3 is 9.64 Å². The van der Waals surface area contributed by atoms with Crippen LogP contribution >= 0.6 is 23.2 Å². The van der Waals surface area contributed by atoms with Crippen molar-refractivity contribution < 1.29 is 14.1 Å². The van der Waals surface area contributed by atoms with Gasteiger partial charge in [-0.05, 0) is 25.0 Å². The van der Waals surface area contributed by atoms with E-state index in [-0.39, 0.29) is 18.4 Å². The molecule has 1 N–H and O–H groups in total. The standard InChI is InChI=1S/C15H15Cl2N3O4/c16-11-2-1-10(7-12(11)17)23-8-13(21)20-5-3-9(4-6-20)14-18-15(22)24-19-14/h1-2,7,9H,3-6,8H2,(H,18,19,22). The highest BCUT2D eigenvalue weighted by Crippen LogP contribution is 2.27. The third-order valence-electron chi connectivity index (χ3n) is 3.94. The number of carbonyl (C=O) groups is 1. The van der Waals surface area contributed by atoms with Gasteiger partial charge in [0, 0.05) is 25.1 Å². The molecule has 24 heavy (non-hydrogen) atoms. The quantitative estimate of drug-likeness (QED) is 0.891. The molecule has 0 aliphatic carbocycles. The first kappa shape index (κ1) is 16.9. The van der Waals surface area contributed by atoms with E-state index in [2.05, 4.69) is 14.7 Å². The molecule has 128 valence electrons. The third-order valence-corrected chi connectivity index (χ3v) is 4.68. The first-order valence-corrected chi connectivity index (χ1v) is 8.20. The molecule has 1 aromatic carbocycles. The summed E-state index contributed by atoms with van der Waals surface area (Å²) in [4.78, 5) is 27.5. The van der Waals surface area contributed by atoms with E-state index in [9.17, 15) is 9.59 Å². The van der Waals surface area contributed by atoms with E-state index >= 15 is 0 Å². The Labute approximate surface area is 147 Å². The number of hydrogen-bond donors (Lipinski definition) is 1. The first-order valence-electron chi connectivity index (χ1n) is 7.44. The molecule has 1 aliphatic heterocycles. The summed E-state index contributed by atoms with van der Waals surface area (Å²) in [7, 11) is 0. The van der Waals surface area contributed by atoms with Crippen LogP contribution in [0.4, 0.5) is 0 Å². The maximum Gasteiger partial charge on any atom is 0.438 e. The number of nitrogens with one attached hydrogen (secondary N) is 1. The Morgan fingerprint density at radius 3 is 2.71 bits per heavy atom. The fourth-order valence-electron chi connectivity index (χ4n) is 2.62. The molecule has 1 fully saturated rings. The Kier molecular flexibility index (Phi) is 5.11. The van der Waals surface area contributed by atoms with Gasteiger partial charge in [0.2, 0.25) is 0 Å². The maximum absolute atomic E-state index is 12.2. The van der Waals surface area contributed by atoms with E-state index in [4.69, 9.17) is 27.9 Å². The van der Waals surface area contributed by atoms with Crippen LogP contribution in [0.2, 0.25) is 10.0 Å². The molecular weight excluding hydrogens is 357 g/mol. The number of rotatable bonds is 4. The van der Waals surface area contributed by atoms with Gasteiger partial charge in [0.05, 0.1) is 10.0 Å². The molecule has 2 heterocycles. The van der Waals surface area contributed by atoms with E-state index in [1.54, 1.807) is 23.1 Å². The molecule has 0 bridgehead atoms. The smallest absolute Gasteiger partial charge is 0.438 e. The lowest BCUT2D eigenvalue weighted by Crippen LogP contribution is -2.40. The number of ether oxygens (including phenoxy) is 1. The van der Waals surface area contributed by atoms with Gasteiger partial charge in [-0.3, -0.25) is 14.3 Å². The van der Waals surface area contributed by atoms with Crippen molar-refractivity contribution in [2.45, 2.75) is 18.8 Å². The van der Waals surface area contributed by atoms with Gasteiger partial charge in [-0.15, -0.1) is 0 Å². The Morgan fingerprint density at radius 2 is 2.08 bits per heavy atom. The molecule has 1 amide bonds. The lowest BCUT2D eigenvalue weighted by Gasteiger charge is -2.30. The second-order valence-corrected chi connectivity index (χ2v) is 6.31. The molecule has 2 aromatic rings. The number of amides is 1. The van der Waals surface area contributed by atoms with E-state index in [1.807, 2.05) is 0 Å². The van der Waals surface area contributed by atoms with Crippen LogP contribution in [0.5, 0.6) is 5.75 Å². The second kappa shape index (κ2) is 7.27. The zero-order chi connectivity index (χ0) is 17.1. The number of halogens is 2. The number of piperidine rings is 1. The van der Waals surface area contributed by atoms with Gasteiger partial charge in [-0.2, -0.15) is 0 Å². The van der Waals surface area contributed by atoms with Gasteiger partial charge in [0.25, 0.3) is 5.91 Å². The Bertz CT molecular complexity index is 781. The molecule has 0 saturated carbocycles. The average molecular weight is 372 g/mol. The number of aromatic nitrogens is 2. The van der Waals surface area contributed by atoms with Gasteiger partial charge >= 0.3 is 5.76 Å². The molecule has 1 aliphatic rings. The van der Waals surface area contributed by atoms with Crippen LogP contribution < -0.4 is 10.5 Å². The fraction of sp³-hybridized carbons (Fsp3) is 0.400. The van der Waals surface area contributed by atoms with Crippen LogP contribution in [0.1, 0.15) is 24.6 Å². The highest BCUT2D eigenvalue weighted by Gasteiger charge is 2.26. The summed E-state index contributed by atoms with van der Waals surface area (Å²) in [5.74, 6) is 0.468. The number of carbonyl (C=O) groups excluding carboxylic acids is 1. The molecule has 1 saturated heterocycles. The van der Waals surface area contributed by atoms with Crippen LogP contribution in [-0.2, 0) is 4.79 Å². The average Bonchev–Trinajstić information content (AvgIpc) is 3.02. The zero-order valence-electron chi connectivity index (χ0n) is 12.6. The monoisotopic (exact) mass is 371 g/mol. The molecule has 0 atom stereocenters. The van der Waals surface area contributed by atoms with Crippen molar-refractivity contribution >= 4 is 29.1 Å². The lowest BCUT2D eigenvalue weighted by molar-refractivity contribution is -0.134. The summed E-state index contributed by atoms with van der Waals surface area (Å²) in [5.41, 5.74) is 0. The summed E-state index contributed by atoms with van der Waals surface area (Å²) < 4.78 is 9.98. The molecule has 3 rings (SSSR count). The molecule has 1 aromatic heterocycles. The zero-order valence-corrected chi connectivity index (χ0v) is 14.1. The van der Waals surface area contributed by atoms with Crippen molar-refractivity contribution in [1.82, 2.24) is 15.0 Å². The van der Waals surface area contributed by atoms with E-state index in [0.29, 0.717) is 47.6 Å². The van der Waals surface area contributed by atoms with Gasteiger partial charge in [0.15, 0.2) is 12.4 Å². The van der Waals surface area contributed by atoms with Crippen molar-refractivity contribution in [3.05, 3.63) is 44.6 Å². The largest absolute Gasteiger partial charge is 0.484 e. The van der Waals surface area contributed by atoms with E-state index in [0.717, 1.165) is 0 Å². The number of nitrogens with zero attached hydrogens (tertiary/aromatic N) is 2. The van der Waals surface area contributed by atoms with Crippen molar-refractivity contribution in [2.24, 2.45) is 0 Å². The summed E-state index contributed by atoms with van der Waals surface area (Å²) in [6.07, 6.45) is 1.42. The van der Waals surface area contributed by atoms with Crippen LogP contribution in [0.15, 0.2) is 27.5 Å². The van der Waals surface area contributed by atoms with Crippen LogP contribution in [-0.4, -0.2) is 40.6 Å². The first-order chi connectivity index (χ1) is 11.5. The maximum atomic E-state index is 12.2. The predicted octanol–water partition coefficient (Wildman–Crippen LogP) is 2.45. The van der Waals surface area contributed by atoms with E-state index < -0.39 is 5.76 Å². The Morgan fingerprint density at radius 1 is 1.33 bits per heavy atom. The van der Waals surface area contributed by atoms with Gasteiger partial charge in [0.1, 0.15) is 5.75 Å². The lowest BCUT2D eigenvalue weighted by atomic mass is 9.96. The highest BCUT2D eigenvalue weighted by molar-refractivity contribution is 6.42. The van der Waals surface area contributed by atoms with Crippen molar-refractivity contribution in [3.63, 3.8) is 0 Å². The number of benzene rings is 1.